The molecule has 0 unspecified atom stereocenters. The number of hydrogen-bond acceptors (Lipinski definition) is 3. The van der Waals surface area contributed by atoms with Crippen LogP contribution in [-0.2, 0) is 11.3 Å². The largest absolute Gasteiger partial charge is 0.304 e. The molecular formula is C7H9FN2O. The Morgan fingerprint density at radius 1 is 1.64 bits per heavy atom. The predicted molar refractivity (Wildman–Crippen MR) is 38.0 cm³/mol. The molecule has 1 heterocycles. The van der Waals surface area contributed by atoms with E-state index in [0.29, 0.717) is 18.6 Å². The average molecular weight is 156 g/mol. The molecule has 4 heteroatoms. The molecule has 0 saturated heterocycles. The van der Waals surface area contributed by atoms with Gasteiger partial charge in [0.15, 0.2) is 0 Å². The number of halogens is 1. The zero-order valence-corrected chi connectivity index (χ0v) is 5.96. The van der Waals surface area contributed by atoms with Gasteiger partial charge in [-0.3, -0.25) is 0 Å². The third-order valence-electron chi connectivity index (χ3n) is 1.33. The lowest BCUT2D eigenvalue weighted by Crippen LogP contribution is -2.05. The van der Waals surface area contributed by atoms with Gasteiger partial charge in [0.2, 0.25) is 5.95 Å². The highest BCUT2D eigenvalue weighted by Gasteiger charge is 1.99. The normalized spacial score (nSPS) is 10.0. The van der Waals surface area contributed by atoms with Crippen molar-refractivity contribution in [1.29, 1.82) is 0 Å². The summed E-state index contributed by atoms with van der Waals surface area (Å²) in [6.45, 7) is 0.308. The lowest BCUT2D eigenvalue weighted by molar-refractivity contribution is 0.140. The Morgan fingerprint density at radius 2 is 2.45 bits per heavy atom. The average Bonchev–Trinajstić information content (AvgIpc) is 2.03. The highest BCUT2D eigenvalue weighted by Crippen LogP contribution is 2.02. The van der Waals surface area contributed by atoms with Gasteiger partial charge in [-0.15, -0.1) is 0 Å². The van der Waals surface area contributed by atoms with Crippen LogP contribution >= 0.6 is 0 Å². The monoisotopic (exact) mass is 156 g/mol. The molecule has 0 aliphatic heterocycles. The van der Waals surface area contributed by atoms with E-state index in [1.54, 1.807) is 12.1 Å². The smallest absolute Gasteiger partial charge is 0.216 e. The second kappa shape index (κ2) is 4.00. The molecule has 0 atom stereocenters. The summed E-state index contributed by atoms with van der Waals surface area (Å²) in [4.78, 5) is 7.78. The topological polar surface area (TPSA) is 48.1 Å². The van der Waals surface area contributed by atoms with Crippen LogP contribution in [0.4, 0.5) is 4.39 Å². The fourth-order valence-corrected chi connectivity index (χ4v) is 0.775. The summed E-state index contributed by atoms with van der Waals surface area (Å²) in [5.74, 6) is 4.33. The van der Waals surface area contributed by atoms with Crippen molar-refractivity contribution in [2.24, 2.45) is 5.90 Å². The molecule has 0 amide bonds. The van der Waals surface area contributed by atoms with E-state index >= 15 is 0 Å². The number of nitrogens with two attached hydrogens (primary N) is 1. The van der Waals surface area contributed by atoms with Crippen LogP contribution in [0.3, 0.4) is 0 Å². The second-order valence-electron chi connectivity index (χ2n) is 2.07. The minimum absolute atomic E-state index is 0.308. The van der Waals surface area contributed by atoms with E-state index in [-0.39, 0.29) is 0 Å². The zero-order chi connectivity index (χ0) is 8.10. The van der Waals surface area contributed by atoms with E-state index in [2.05, 4.69) is 9.82 Å². The first-order chi connectivity index (χ1) is 5.34. The maximum atomic E-state index is 12.7. The lowest BCUT2D eigenvalue weighted by Gasteiger charge is -1.98. The maximum absolute atomic E-state index is 12.7. The summed E-state index contributed by atoms with van der Waals surface area (Å²) in [6.07, 6.45) is 1.86. The van der Waals surface area contributed by atoms with E-state index < -0.39 is 5.95 Å². The first-order valence-corrected chi connectivity index (χ1v) is 3.25. The van der Waals surface area contributed by atoms with Gasteiger partial charge in [-0.2, -0.15) is 4.39 Å². The van der Waals surface area contributed by atoms with Crippen molar-refractivity contribution < 1.29 is 9.23 Å². The fourth-order valence-electron chi connectivity index (χ4n) is 0.775. The fraction of sp³-hybridized carbons (Fsp3) is 0.286. The first-order valence-electron chi connectivity index (χ1n) is 3.25. The Kier molecular flexibility index (Phi) is 2.95. The molecule has 0 aromatic carbocycles. The molecule has 0 spiro atoms. The van der Waals surface area contributed by atoms with Crippen LogP contribution in [0, 0.1) is 5.95 Å². The molecule has 0 aliphatic carbocycles. The Bertz CT molecular complexity index is 229. The molecule has 60 valence electrons. The summed E-state index contributed by atoms with van der Waals surface area (Å²) in [6, 6.07) is 3.33. The number of rotatable bonds is 3. The molecule has 1 aromatic heterocycles. The van der Waals surface area contributed by atoms with E-state index in [9.17, 15) is 4.39 Å². The molecule has 3 nitrogen and oxygen atoms in total. The van der Waals surface area contributed by atoms with E-state index in [0.717, 1.165) is 0 Å². The molecule has 11 heavy (non-hydrogen) atoms. The molecule has 0 fully saturated rings. The standard InChI is InChI=1S/C7H9FN2O/c8-7-6(3-5-11-9)2-1-4-10-7/h1-2,4H,3,5,9H2. The van der Waals surface area contributed by atoms with Gasteiger partial charge in [0.05, 0.1) is 6.61 Å². The molecule has 0 bridgehead atoms. The van der Waals surface area contributed by atoms with Gasteiger partial charge in [-0.25, -0.2) is 10.9 Å². The highest BCUT2D eigenvalue weighted by molar-refractivity contribution is 5.10. The molecular weight excluding hydrogens is 147 g/mol. The van der Waals surface area contributed by atoms with Crippen molar-refractivity contribution in [3.05, 3.63) is 29.8 Å². The van der Waals surface area contributed by atoms with Crippen molar-refractivity contribution in [1.82, 2.24) is 4.98 Å². The molecule has 0 aliphatic rings. The van der Waals surface area contributed by atoms with E-state index in [1.807, 2.05) is 0 Å². The number of aromatic nitrogens is 1. The van der Waals surface area contributed by atoms with Crippen molar-refractivity contribution >= 4 is 0 Å². The summed E-state index contributed by atoms with van der Waals surface area (Å²) >= 11 is 0. The van der Waals surface area contributed by atoms with Crippen molar-refractivity contribution in [3.8, 4) is 0 Å². The van der Waals surface area contributed by atoms with Crippen LogP contribution in [0.2, 0.25) is 0 Å². The maximum Gasteiger partial charge on any atom is 0.216 e. The van der Waals surface area contributed by atoms with E-state index in [1.165, 1.54) is 6.20 Å². The quantitative estimate of drug-likeness (QED) is 0.516. The molecule has 2 N–H and O–H groups in total. The van der Waals surface area contributed by atoms with Gasteiger partial charge in [-0.1, -0.05) is 6.07 Å². The predicted octanol–water partition coefficient (Wildman–Crippen LogP) is 0.653. The van der Waals surface area contributed by atoms with E-state index in [4.69, 9.17) is 5.90 Å². The Morgan fingerprint density at radius 3 is 3.09 bits per heavy atom. The van der Waals surface area contributed by atoms with Crippen molar-refractivity contribution in [3.63, 3.8) is 0 Å². The van der Waals surface area contributed by atoms with Crippen molar-refractivity contribution in [2.75, 3.05) is 6.61 Å². The van der Waals surface area contributed by atoms with Crippen LogP contribution in [0.25, 0.3) is 0 Å². The van der Waals surface area contributed by atoms with Gasteiger partial charge >= 0.3 is 0 Å². The van der Waals surface area contributed by atoms with Crippen LogP contribution in [0.5, 0.6) is 0 Å². The van der Waals surface area contributed by atoms with Crippen LogP contribution in [0.1, 0.15) is 5.56 Å². The lowest BCUT2D eigenvalue weighted by atomic mass is 10.2. The zero-order valence-electron chi connectivity index (χ0n) is 5.96. The summed E-state index contributed by atoms with van der Waals surface area (Å²) in [5.41, 5.74) is 0.526. The Labute approximate surface area is 64.0 Å². The molecule has 1 aromatic rings. The van der Waals surface area contributed by atoms with Gasteiger partial charge in [-0.05, 0) is 6.07 Å². The van der Waals surface area contributed by atoms with Crippen molar-refractivity contribution in [2.45, 2.75) is 6.42 Å². The highest BCUT2D eigenvalue weighted by atomic mass is 19.1. The Hall–Kier alpha value is -1.00. The van der Waals surface area contributed by atoms with Crippen LogP contribution < -0.4 is 5.90 Å². The van der Waals surface area contributed by atoms with Crippen LogP contribution in [-0.4, -0.2) is 11.6 Å². The summed E-state index contributed by atoms with van der Waals surface area (Å²) < 4.78 is 12.7. The van der Waals surface area contributed by atoms with Gasteiger partial charge in [0, 0.05) is 18.2 Å². The minimum Gasteiger partial charge on any atom is -0.304 e. The third-order valence-corrected chi connectivity index (χ3v) is 1.33. The molecule has 0 radical (unpaired) electrons. The van der Waals surface area contributed by atoms with Crippen LogP contribution in [0.15, 0.2) is 18.3 Å². The third kappa shape index (κ3) is 2.25. The summed E-state index contributed by atoms with van der Waals surface area (Å²) in [7, 11) is 0. The van der Waals surface area contributed by atoms with Gasteiger partial charge in [0.25, 0.3) is 0 Å². The number of pyridine rings is 1. The summed E-state index contributed by atoms with van der Waals surface area (Å²) in [5, 5.41) is 0. The SMILES string of the molecule is NOCCc1cccnc1F. The number of hydrogen-bond donors (Lipinski definition) is 1. The molecule has 0 saturated carbocycles. The van der Waals surface area contributed by atoms with Gasteiger partial charge < -0.3 is 4.84 Å². The second-order valence-corrected chi connectivity index (χ2v) is 2.07. The first kappa shape index (κ1) is 8.10. The molecule has 1 rings (SSSR count). The number of nitrogens with zero attached hydrogens (tertiary/aromatic N) is 1. The van der Waals surface area contributed by atoms with Gasteiger partial charge in [0.1, 0.15) is 0 Å². The minimum atomic E-state index is -0.454. The Balaban J connectivity index is 2.62.